The highest BCUT2D eigenvalue weighted by Gasteiger charge is 2.25. The first-order valence-electron chi connectivity index (χ1n) is 8.03. The zero-order chi connectivity index (χ0) is 17.5. The van der Waals surface area contributed by atoms with E-state index in [9.17, 15) is 8.42 Å². The summed E-state index contributed by atoms with van der Waals surface area (Å²) < 4.78 is 27.7. The summed E-state index contributed by atoms with van der Waals surface area (Å²) in [5, 5.41) is 0. The van der Waals surface area contributed by atoms with E-state index in [0.717, 1.165) is 30.4 Å². The molecule has 2 rings (SSSR count). The molecule has 0 spiro atoms. The van der Waals surface area contributed by atoms with Gasteiger partial charge in [0.2, 0.25) is 10.0 Å². The van der Waals surface area contributed by atoms with Gasteiger partial charge >= 0.3 is 0 Å². The van der Waals surface area contributed by atoms with Gasteiger partial charge in [-0.1, -0.05) is 19.9 Å². The maximum atomic E-state index is 12.5. The fourth-order valence-electron chi connectivity index (χ4n) is 2.76. The van der Waals surface area contributed by atoms with Gasteiger partial charge in [-0.05, 0) is 69.2 Å². The van der Waals surface area contributed by atoms with Crippen LogP contribution in [0.5, 0.6) is 0 Å². The molecule has 0 heterocycles. The second-order valence-corrected chi connectivity index (χ2v) is 9.88. The van der Waals surface area contributed by atoms with Crippen LogP contribution in [-0.2, 0) is 10.0 Å². The normalized spacial score (nSPS) is 18.6. The van der Waals surface area contributed by atoms with Gasteiger partial charge in [0.1, 0.15) is 0 Å². The molecule has 0 unspecified atom stereocenters. The highest BCUT2D eigenvalue weighted by Crippen LogP contribution is 2.39. The van der Waals surface area contributed by atoms with E-state index >= 15 is 0 Å². The van der Waals surface area contributed by atoms with Crippen molar-refractivity contribution in [1.82, 2.24) is 4.72 Å². The molecule has 128 valence electrons. The Kier molecular flexibility index (Phi) is 4.66. The molecule has 23 heavy (non-hydrogen) atoms. The Hall–Kier alpha value is -1.33. The number of rotatable bonds is 3. The van der Waals surface area contributed by atoms with Crippen LogP contribution in [0.25, 0.3) is 5.57 Å². The first-order valence-corrected chi connectivity index (χ1v) is 9.51. The van der Waals surface area contributed by atoms with E-state index in [1.165, 1.54) is 0 Å². The number of hydrogen-bond acceptors (Lipinski definition) is 3. The second kappa shape index (κ2) is 5.95. The monoisotopic (exact) mass is 336 g/mol. The maximum absolute atomic E-state index is 12.5. The van der Waals surface area contributed by atoms with Crippen LogP contribution < -0.4 is 10.5 Å². The number of allylic oxidation sites excluding steroid dienone is 2. The van der Waals surface area contributed by atoms with Crippen LogP contribution in [-0.4, -0.2) is 14.0 Å². The minimum atomic E-state index is -3.55. The van der Waals surface area contributed by atoms with Crippen molar-refractivity contribution in [3.05, 3.63) is 29.8 Å². The van der Waals surface area contributed by atoms with Crippen LogP contribution in [0.4, 0.5) is 5.69 Å². The van der Waals surface area contributed by atoms with Gasteiger partial charge in [0.25, 0.3) is 0 Å². The van der Waals surface area contributed by atoms with Crippen LogP contribution in [0.2, 0.25) is 0 Å². The highest BCUT2D eigenvalue weighted by molar-refractivity contribution is 7.89. The van der Waals surface area contributed by atoms with E-state index in [-0.39, 0.29) is 4.90 Å². The van der Waals surface area contributed by atoms with E-state index in [0.29, 0.717) is 11.1 Å². The lowest BCUT2D eigenvalue weighted by Gasteiger charge is -2.29. The third-order valence-corrected chi connectivity index (χ3v) is 5.85. The van der Waals surface area contributed by atoms with Gasteiger partial charge < -0.3 is 5.73 Å². The Morgan fingerprint density at radius 3 is 2.39 bits per heavy atom. The average Bonchev–Trinajstić information content (AvgIpc) is 2.36. The number of nitrogens with one attached hydrogen (secondary N) is 1. The summed E-state index contributed by atoms with van der Waals surface area (Å²) in [6, 6.07) is 4.96. The largest absolute Gasteiger partial charge is 0.398 e. The minimum Gasteiger partial charge on any atom is -0.398 e. The van der Waals surface area contributed by atoms with Gasteiger partial charge in [-0.15, -0.1) is 0 Å². The van der Waals surface area contributed by atoms with Crippen molar-refractivity contribution < 1.29 is 8.42 Å². The molecule has 1 aliphatic carbocycles. The molecule has 0 aromatic heterocycles. The van der Waals surface area contributed by atoms with E-state index < -0.39 is 15.6 Å². The molecule has 3 N–H and O–H groups in total. The predicted molar refractivity (Wildman–Crippen MR) is 96.5 cm³/mol. The van der Waals surface area contributed by atoms with Gasteiger partial charge in [0.15, 0.2) is 0 Å². The summed E-state index contributed by atoms with van der Waals surface area (Å²) in [6.07, 6.45) is 5.19. The summed E-state index contributed by atoms with van der Waals surface area (Å²) in [7, 11) is -3.55. The molecule has 0 saturated carbocycles. The molecule has 0 saturated heterocycles. The van der Waals surface area contributed by atoms with E-state index in [4.69, 9.17) is 5.73 Å². The van der Waals surface area contributed by atoms with Crippen LogP contribution >= 0.6 is 0 Å². The number of sulfonamides is 1. The van der Waals surface area contributed by atoms with Crippen molar-refractivity contribution in [2.45, 2.75) is 64.3 Å². The Morgan fingerprint density at radius 2 is 1.87 bits per heavy atom. The molecule has 5 heteroatoms. The lowest BCUT2D eigenvalue weighted by Crippen LogP contribution is -2.40. The molecule has 0 fully saturated rings. The smallest absolute Gasteiger partial charge is 0.241 e. The molecule has 0 amide bonds. The first-order chi connectivity index (χ1) is 10.4. The van der Waals surface area contributed by atoms with Gasteiger partial charge in [-0.2, -0.15) is 0 Å². The Labute approximate surface area is 140 Å². The number of nitrogen functional groups attached to an aromatic ring is 1. The predicted octanol–water partition coefficient (Wildman–Crippen LogP) is 3.94. The molecule has 0 bridgehead atoms. The minimum absolute atomic E-state index is 0.266. The molecule has 0 radical (unpaired) electrons. The number of hydrogen-bond donors (Lipinski definition) is 2. The molecule has 0 aliphatic heterocycles. The standard InChI is InChI=1S/C18H28N2O2S/c1-17(2,3)20-23(21,22)14-6-7-16(19)15(12-14)13-8-10-18(4,5)11-9-13/h6-8,12,20H,9-11,19H2,1-5H3. The van der Waals surface area contributed by atoms with Crippen molar-refractivity contribution in [1.29, 1.82) is 0 Å². The van der Waals surface area contributed by atoms with E-state index in [1.54, 1.807) is 18.2 Å². The number of benzene rings is 1. The highest BCUT2D eigenvalue weighted by atomic mass is 32.2. The van der Waals surface area contributed by atoms with Crippen LogP contribution in [0.1, 0.15) is 59.4 Å². The Bertz CT molecular complexity index is 726. The molecular weight excluding hydrogens is 308 g/mol. The molecule has 1 aromatic rings. The molecule has 0 atom stereocenters. The SMILES string of the molecule is CC1(C)CC=C(c2cc(S(=O)(=O)NC(C)(C)C)ccc2N)CC1. The Balaban J connectivity index is 2.39. The summed E-state index contributed by atoms with van der Waals surface area (Å²) in [6.45, 7) is 9.98. The quantitative estimate of drug-likeness (QED) is 0.821. The van der Waals surface area contributed by atoms with Gasteiger partial charge in [-0.3, -0.25) is 0 Å². The summed E-state index contributed by atoms with van der Waals surface area (Å²) in [4.78, 5) is 0.266. The van der Waals surface area contributed by atoms with Crippen LogP contribution in [0, 0.1) is 5.41 Å². The van der Waals surface area contributed by atoms with Crippen molar-refractivity contribution in [2.24, 2.45) is 5.41 Å². The van der Waals surface area contributed by atoms with E-state index in [1.807, 2.05) is 20.8 Å². The van der Waals surface area contributed by atoms with E-state index in [2.05, 4.69) is 24.6 Å². The third kappa shape index (κ3) is 4.58. The summed E-state index contributed by atoms with van der Waals surface area (Å²) in [5.41, 5.74) is 8.51. The van der Waals surface area contributed by atoms with Crippen LogP contribution in [0.15, 0.2) is 29.2 Å². The molecule has 1 aromatic carbocycles. The van der Waals surface area contributed by atoms with Gasteiger partial charge in [-0.25, -0.2) is 13.1 Å². The fourth-order valence-corrected chi connectivity index (χ4v) is 4.21. The van der Waals surface area contributed by atoms with Crippen molar-refractivity contribution in [3.8, 4) is 0 Å². The fraction of sp³-hybridized carbons (Fsp3) is 0.556. The lowest BCUT2D eigenvalue weighted by atomic mass is 9.77. The summed E-state index contributed by atoms with van der Waals surface area (Å²) in [5.74, 6) is 0. The summed E-state index contributed by atoms with van der Waals surface area (Å²) >= 11 is 0. The lowest BCUT2D eigenvalue weighted by molar-refractivity contribution is 0.335. The molecular formula is C18H28N2O2S. The van der Waals surface area contributed by atoms with Crippen molar-refractivity contribution in [3.63, 3.8) is 0 Å². The zero-order valence-electron chi connectivity index (χ0n) is 14.7. The topological polar surface area (TPSA) is 72.2 Å². The Morgan fingerprint density at radius 1 is 1.22 bits per heavy atom. The van der Waals surface area contributed by atoms with Gasteiger partial charge in [0.05, 0.1) is 4.90 Å². The number of anilines is 1. The first kappa shape index (κ1) is 18.0. The zero-order valence-corrected chi connectivity index (χ0v) is 15.5. The maximum Gasteiger partial charge on any atom is 0.241 e. The average molecular weight is 337 g/mol. The molecule has 1 aliphatic rings. The van der Waals surface area contributed by atoms with Gasteiger partial charge in [0, 0.05) is 16.8 Å². The second-order valence-electron chi connectivity index (χ2n) is 8.20. The third-order valence-electron chi connectivity index (χ3n) is 4.09. The molecule has 4 nitrogen and oxygen atoms in total. The van der Waals surface area contributed by atoms with Crippen molar-refractivity contribution in [2.75, 3.05) is 5.73 Å². The number of nitrogens with two attached hydrogens (primary N) is 1. The van der Waals surface area contributed by atoms with Crippen LogP contribution in [0.3, 0.4) is 0 Å². The van der Waals surface area contributed by atoms with Crippen molar-refractivity contribution >= 4 is 21.3 Å².